The fourth-order valence-corrected chi connectivity index (χ4v) is 1.75. The number of nitrogens with one attached hydrogen (secondary N) is 1. The lowest BCUT2D eigenvalue weighted by atomic mass is 9.84. The molecular weight excluding hydrogens is 194 g/mol. The van der Waals surface area contributed by atoms with Crippen molar-refractivity contribution in [1.82, 2.24) is 5.32 Å². The molecule has 1 aromatic carbocycles. The van der Waals surface area contributed by atoms with Gasteiger partial charge in [0.15, 0.2) is 0 Å². The third kappa shape index (κ3) is 3.64. The maximum absolute atomic E-state index is 3.35. The third-order valence-corrected chi connectivity index (χ3v) is 3.12. The van der Waals surface area contributed by atoms with Gasteiger partial charge in [-0.3, -0.25) is 0 Å². The molecule has 1 aromatic rings. The highest BCUT2D eigenvalue weighted by molar-refractivity contribution is 5.29. The highest BCUT2D eigenvalue weighted by Crippen LogP contribution is 2.24. The molecule has 1 N–H and O–H groups in total. The Hall–Kier alpha value is -0.820. The first-order valence-electron chi connectivity index (χ1n) is 6.03. The molecule has 0 radical (unpaired) electrons. The number of hydrogen-bond donors (Lipinski definition) is 1. The molecule has 0 saturated carbocycles. The summed E-state index contributed by atoms with van der Waals surface area (Å²) in [7, 11) is 2.02. The molecule has 0 unspecified atom stereocenters. The van der Waals surface area contributed by atoms with Gasteiger partial charge in [0, 0.05) is 5.54 Å². The zero-order valence-electron chi connectivity index (χ0n) is 11.5. The molecule has 0 bridgehead atoms. The maximum atomic E-state index is 3.35. The monoisotopic (exact) mass is 219 g/mol. The summed E-state index contributed by atoms with van der Waals surface area (Å²) in [6.07, 6.45) is 1.06. The molecule has 0 amide bonds. The van der Waals surface area contributed by atoms with Crippen molar-refractivity contribution in [2.45, 2.75) is 52.0 Å². The van der Waals surface area contributed by atoms with Crippen molar-refractivity contribution in [2.75, 3.05) is 7.05 Å². The Morgan fingerprint density at radius 3 is 2.19 bits per heavy atom. The second-order valence-electron chi connectivity index (χ2n) is 6.26. The molecule has 90 valence electrons. The zero-order chi connectivity index (χ0) is 12.4. The Morgan fingerprint density at radius 2 is 1.69 bits per heavy atom. The van der Waals surface area contributed by atoms with Crippen LogP contribution in [0.15, 0.2) is 24.3 Å². The molecule has 16 heavy (non-hydrogen) atoms. The van der Waals surface area contributed by atoms with Crippen LogP contribution in [0.5, 0.6) is 0 Å². The van der Waals surface area contributed by atoms with Crippen LogP contribution in [0.25, 0.3) is 0 Å². The number of likely N-dealkylation sites (N-methyl/N-ethyl adjacent to an activating group) is 1. The Morgan fingerprint density at radius 1 is 1.06 bits per heavy atom. The summed E-state index contributed by atoms with van der Waals surface area (Å²) >= 11 is 0. The average molecular weight is 219 g/mol. The third-order valence-electron chi connectivity index (χ3n) is 3.12. The first kappa shape index (κ1) is 13.2. The molecule has 0 aromatic heterocycles. The van der Waals surface area contributed by atoms with Gasteiger partial charge in [0.05, 0.1) is 0 Å². The van der Waals surface area contributed by atoms with E-state index >= 15 is 0 Å². The molecule has 0 aliphatic carbocycles. The lowest BCUT2D eigenvalue weighted by molar-refractivity contribution is 0.421. The highest BCUT2D eigenvalue weighted by Gasteiger charge is 2.18. The smallest absolute Gasteiger partial charge is 0.0162 e. The van der Waals surface area contributed by atoms with Crippen molar-refractivity contribution in [3.05, 3.63) is 35.4 Å². The molecule has 1 rings (SSSR count). The van der Waals surface area contributed by atoms with Gasteiger partial charge in [-0.05, 0) is 43.9 Å². The van der Waals surface area contributed by atoms with Crippen LogP contribution in [-0.2, 0) is 11.8 Å². The topological polar surface area (TPSA) is 12.0 Å². The number of rotatable bonds is 3. The van der Waals surface area contributed by atoms with Crippen LogP contribution >= 0.6 is 0 Å². The Kier molecular flexibility index (Phi) is 3.80. The minimum atomic E-state index is 0.163. The van der Waals surface area contributed by atoms with Crippen molar-refractivity contribution in [2.24, 2.45) is 0 Å². The summed E-state index contributed by atoms with van der Waals surface area (Å²) in [4.78, 5) is 0. The maximum Gasteiger partial charge on any atom is 0.0162 e. The SMILES string of the molecule is CNC(C)(C)Cc1cccc(C(C)(C)C)c1. The number of benzene rings is 1. The van der Waals surface area contributed by atoms with Gasteiger partial charge in [0.2, 0.25) is 0 Å². The second kappa shape index (κ2) is 4.58. The van der Waals surface area contributed by atoms with E-state index < -0.39 is 0 Å². The average Bonchev–Trinajstić information content (AvgIpc) is 2.16. The molecule has 0 fully saturated rings. The van der Waals surface area contributed by atoms with Crippen molar-refractivity contribution in [3.8, 4) is 0 Å². The Balaban J connectivity index is 2.92. The van der Waals surface area contributed by atoms with Gasteiger partial charge < -0.3 is 5.32 Å². The van der Waals surface area contributed by atoms with E-state index in [0.717, 1.165) is 6.42 Å². The minimum Gasteiger partial charge on any atom is -0.314 e. The summed E-state index contributed by atoms with van der Waals surface area (Å²) in [5.74, 6) is 0. The van der Waals surface area contributed by atoms with E-state index in [4.69, 9.17) is 0 Å². The first-order valence-corrected chi connectivity index (χ1v) is 6.03. The quantitative estimate of drug-likeness (QED) is 0.820. The molecule has 0 aliphatic heterocycles. The lowest BCUT2D eigenvalue weighted by Crippen LogP contribution is -2.38. The van der Waals surface area contributed by atoms with Crippen LogP contribution in [0.1, 0.15) is 45.7 Å². The van der Waals surface area contributed by atoms with E-state index in [-0.39, 0.29) is 11.0 Å². The standard InChI is InChI=1S/C15H25N/c1-14(2,3)13-9-7-8-12(10-13)11-15(4,5)16-6/h7-10,16H,11H2,1-6H3. The van der Waals surface area contributed by atoms with Gasteiger partial charge >= 0.3 is 0 Å². The highest BCUT2D eigenvalue weighted by atomic mass is 14.9. The summed E-state index contributed by atoms with van der Waals surface area (Å²) in [6, 6.07) is 8.94. The van der Waals surface area contributed by atoms with E-state index in [2.05, 4.69) is 64.2 Å². The van der Waals surface area contributed by atoms with Crippen LogP contribution in [0.2, 0.25) is 0 Å². The summed E-state index contributed by atoms with van der Waals surface area (Å²) in [6.45, 7) is 11.2. The molecular formula is C15H25N. The normalized spacial score (nSPS) is 12.9. The van der Waals surface area contributed by atoms with E-state index in [1.165, 1.54) is 11.1 Å². The van der Waals surface area contributed by atoms with Gasteiger partial charge in [-0.1, -0.05) is 45.0 Å². The summed E-state index contributed by atoms with van der Waals surface area (Å²) < 4.78 is 0. The van der Waals surface area contributed by atoms with Gasteiger partial charge in [-0.2, -0.15) is 0 Å². The fourth-order valence-electron chi connectivity index (χ4n) is 1.75. The zero-order valence-corrected chi connectivity index (χ0v) is 11.5. The van der Waals surface area contributed by atoms with Gasteiger partial charge in [0.25, 0.3) is 0 Å². The molecule has 1 heteroatoms. The van der Waals surface area contributed by atoms with Crippen LogP contribution in [-0.4, -0.2) is 12.6 Å². The second-order valence-corrected chi connectivity index (χ2v) is 6.26. The van der Waals surface area contributed by atoms with Gasteiger partial charge in [0.1, 0.15) is 0 Å². The molecule has 0 saturated heterocycles. The molecule has 1 nitrogen and oxygen atoms in total. The van der Waals surface area contributed by atoms with Crippen molar-refractivity contribution in [3.63, 3.8) is 0 Å². The Bertz CT molecular complexity index is 345. The van der Waals surface area contributed by atoms with Crippen LogP contribution < -0.4 is 5.32 Å². The number of hydrogen-bond acceptors (Lipinski definition) is 1. The van der Waals surface area contributed by atoms with Crippen LogP contribution in [0.4, 0.5) is 0 Å². The van der Waals surface area contributed by atoms with Crippen LogP contribution in [0, 0.1) is 0 Å². The van der Waals surface area contributed by atoms with E-state index in [0.29, 0.717) is 0 Å². The van der Waals surface area contributed by atoms with E-state index in [9.17, 15) is 0 Å². The predicted molar refractivity (Wildman–Crippen MR) is 72.0 cm³/mol. The first-order chi connectivity index (χ1) is 7.24. The predicted octanol–water partition coefficient (Wildman–Crippen LogP) is 3.52. The molecule has 0 heterocycles. The fraction of sp³-hybridized carbons (Fsp3) is 0.600. The van der Waals surface area contributed by atoms with Crippen LogP contribution in [0.3, 0.4) is 0 Å². The minimum absolute atomic E-state index is 0.163. The Labute approximate surface area is 100 Å². The summed E-state index contributed by atoms with van der Waals surface area (Å²) in [5, 5.41) is 3.35. The van der Waals surface area contributed by atoms with Gasteiger partial charge in [-0.25, -0.2) is 0 Å². The molecule has 0 spiro atoms. The van der Waals surface area contributed by atoms with Crippen molar-refractivity contribution >= 4 is 0 Å². The van der Waals surface area contributed by atoms with Gasteiger partial charge in [-0.15, -0.1) is 0 Å². The lowest BCUT2D eigenvalue weighted by Gasteiger charge is -2.25. The summed E-state index contributed by atoms with van der Waals surface area (Å²) in [5.41, 5.74) is 3.22. The molecule has 0 atom stereocenters. The largest absolute Gasteiger partial charge is 0.314 e. The van der Waals surface area contributed by atoms with E-state index in [1.807, 2.05) is 7.05 Å². The van der Waals surface area contributed by atoms with Crippen molar-refractivity contribution < 1.29 is 0 Å². The van der Waals surface area contributed by atoms with E-state index in [1.54, 1.807) is 0 Å². The van der Waals surface area contributed by atoms with Crippen molar-refractivity contribution in [1.29, 1.82) is 0 Å². The molecule has 0 aliphatic rings.